The molecule has 1 nitrogen and oxygen atoms in total. The van der Waals surface area contributed by atoms with Crippen molar-refractivity contribution in [2.24, 2.45) is 0 Å². The Morgan fingerprint density at radius 2 is 1.72 bits per heavy atom. The predicted molar refractivity (Wildman–Crippen MR) is 81.1 cm³/mol. The molecule has 102 valence electrons. The van der Waals surface area contributed by atoms with E-state index in [0.29, 0.717) is 6.04 Å². The molecule has 0 aromatic heterocycles. The number of likely N-dealkylation sites (N-methyl/N-ethyl adjacent to an activating group) is 1. The van der Waals surface area contributed by atoms with Gasteiger partial charge in [-0.15, -0.1) is 0 Å². The number of unbranched alkanes of at least 4 members (excludes halogenated alkanes) is 3. The fraction of sp³-hybridized carbons (Fsp3) is 0.647. The van der Waals surface area contributed by atoms with Gasteiger partial charge in [0.15, 0.2) is 0 Å². The molecule has 1 atom stereocenters. The maximum absolute atomic E-state index is 3.62. The summed E-state index contributed by atoms with van der Waals surface area (Å²) in [6, 6.07) is 9.62. The quantitative estimate of drug-likeness (QED) is 0.634. The molecule has 0 saturated heterocycles. The van der Waals surface area contributed by atoms with Crippen LogP contribution in [0, 0.1) is 6.92 Å². The summed E-state index contributed by atoms with van der Waals surface area (Å²) in [5.74, 6) is 0. The van der Waals surface area contributed by atoms with E-state index in [2.05, 4.69) is 50.4 Å². The van der Waals surface area contributed by atoms with Crippen LogP contribution in [0.2, 0.25) is 0 Å². The summed E-state index contributed by atoms with van der Waals surface area (Å²) in [6.07, 6.45) is 7.92. The highest BCUT2D eigenvalue weighted by Gasteiger charge is 2.07. The lowest BCUT2D eigenvalue weighted by molar-refractivity contribution is 0.463. The highest BCUT2D eigenvalue weighted by molar-refractivity contribution is 5.22. The van der Waals surface area contributed by atoms with Gasteiger partial charge in [-0.1, -0.05) is 69.4 Å². The van der Waals surface area contributed by atoms with Crippen molar-refractivity contribution >= 4 is 0 Å². The maximum atomic E-state index is 3.62. The molecule has 0 heterocycles. The zero-order chi connectivity index (χ0) is 13.2. The number of rotatable bonds is 9. The van der Waals surface area contributed by atoms with Crippen LogP contribution in [0.1, 0.15) is 57.1 Å². The summed E-state index contributed by atoms with van der Waals surface area (Å²) in [6.45, 7) is 7.70. The maximum Gasteiger partial charge on any atom is 0.0107 e. The third-order valence-corrected chi connectivity index (χ3v) is 3.50. The lowest BCUT2D eigenvalue weighted by atomic mass is 9.99. The van der Waals surface area contributed by atoms with E-state index < -0.39 is 0 Å². The van der Waals surface area contributed by atoms with Crippen molar-refractivity contribution in [2.75, 3.05) is 6.54 Å². The zero-order valence-electron chi connectivity index (χ0n) is 12.3. The summed E-state index contributed by atoms with van der Waals surface area (Å²) in [5.41, 5.74) is 2.81. The van der Waals surface area contributed by atoms with Crippen molar-refractivity contribution in [2.45, 2.75) is 65.3 Å². The molecule has 0 aliphatic heterocycles. The van der Waals surface area contributed by atoms with Crippen molar-refractivity contribution in [1.82, 2.24) is 5.32 Å². The standard InChI is InChI=1S/C17H29N/c1-4-6-7-8-9-17(18-5-2)14-16-12-10-15(3)11-13-16/h10-13,17-18H,4-9,14H2,1-3H3. The predicted octanol–water partition coefficient (Wildman–Crippen LogP) is 4.49. The summed E-state index contributed by atoms with van der Waals surface area (Å²) in [7, 11) is 0. The van der Waals surface area contributed by atoms with Crippen molar-refractivity contribution < 1.29 is 0 Å². The van der Waals surface area contributed by atoms with Crippen LogP contribution in [0.3, 0.4) is 0 Å². The van der Waals surface area contributed by atoms with E-state index in [1.165, 1.54) is 49.7 Å². The first-order chi connectivity index (χ1) is 8.76. The molecule has 0 spiro atoms. The third kappa shape index (κ3) is 6.20. The average Bonchev–Trinajstić information content (AvgIpc) is 2.37. The number of nitrogens with one attached hydrogen (secondary N) is 1. The van der Waals surface area contributed by atoms with Crippen molar-refractivity contribution in [3.8, 4) is 0 Å². The SMILES string of the molecule is CCCCCCC(Cc1ccc(C)cc1)NCC. The van der Waals surface area contributed by atoms with Crippen LogP contribution < -0.4 is 5.32 Å². The van der Waals surface area contributed by atoms with Crippen LogP contribution in [0.15, 0.2) is 24.3 Å². The van der Waals surface area contributed by atoms with Gasteiger partial charge in [-0.05, 0) is 31.9 Å². The zero-order valence-corrected chi connectivity index (χ0v) is 12.3. The molecule has 0 amide bonds. The van der Waals surface area contributed by atoms with E-state index in [9.17, 15) is 0 Å². The Hall–Kier alpha value is -0.820. The first-order valence-corrected chi connectivity index (χ1v) is 7.55. The number of hydrogen-bond acceptors (Lipinski definition) is 1. The second-order valence-electron chi connectivity index (χ2n) is 5.29. The van der Waals surface area contributed by atoms with Gasteiger partial charge in [0.2, 0.25) is 0 Å². The molecule has 0 fully saturated rings. The van der Waals surface area contributed by atoms with E-state index in [1.54, 1.807) is 0 Å². The van der Waals surface area contributed by atoms with E-state index in [-0.39, 0.29) is 0 Å². The molecule has 1 N–H and O–H groups in total. The Labute approximate surface area is 113 Å². The van der Waals surface area contributed by atoms with Crippen molar-refractivity contribution in [3.63, 3.8) is 0 Å². The normalized spacial score (nSPS) is 12.6. The molecule has 18 heavy (non-hydrogen) atoms. The molecule has 1 unspecified atom stereocenters. The van der Waals surface area contributed by atoms with Gasteiger partial charge >= 0.3 is 0 Å². The van der Waals surface area contributed by atoms with E-state index in [1.807, 2.05) is 0 Å². The van der Waals surface area contributed by atoms with Crippen LogP contribution >= 0.6 is 0 Å². The smallest absolute Gasteiger partial charge is 0.0107 e. The molecule has 1 aromatic carbocycles. The van der Waals surface area contributed by atoms with Crippen molar-refractivity contribution in [1.29, 1.82) is 0 Å². The first-order valence-electron chi connectivity index (χ1n) is 7.55. The van der Waals surface area contributed by atoms with Crippen LogP contribution in [-0.2, 0) is 6.42 Å². The fourth-order valence-corrected chi connectivity index (χ4v) is 2.39. The van der Waals surface area contributed by atoms with Crippen LogP contribution in [0.4, 0.5) is 0 Å². The molecule has 1 rings (SSSR count). The minimum Gasteiger partial charge on any atom is -0.314 e. The van der Waals surface area contributed by atoms with Crippen LogP contribution in [-0.4, -0.2) is 12.6 Å². The lowest BCUT2D eigenvalue weighted by Crippen LogP contribution is -2.30. The van der Waals surface area contributed by atoms with E-state index in [0.717, 1.165) is 6.54 Å². The molecular weight excluding hydrogens is 218 g/mol. The van der Waals surface area contributed by atoms with Gasteiger partial charge in [0.1, 0.15) is 0 Å². The fourth-order valence-electron chi connectivity index (χ4n) is 2.39. The topological polar surface area (TPSA) is 12.0 Å². The Morgan fingerprint density at radius 1 is 1.00 bits per heavy atom. The van der Waals surface area contributed by atoms with Gasteiger partial charge in [0, 0.05) is 6.04 Å². The number of hydrogen-bond donors (Lipinski definition) is 1. The van der Waals surface area contributed by atoms with Crippen LogP contribution in [0.5, 0.6) is 0 Å². The van der Waals surface area contributed by atoms with Gasteiger partial charge in [-0.2, -0.15) is 0 Å². The molecule has 1 heteroatoms. The monoisotopic (exact) mass is 247 g/mol. The minimum atomic E-state index is 0.648. The summed E-state index contributed by atoms with van der Waals surface area (Å²) in [4.78, 5) is 0. The van der Waals surface area contributed by atoms with Gasteiger partial charge in [0.05, 0.1) is 0 Å². The summed E-state index contributed by atoms with van der Waals surface area (Å²) >= 11 is 0. The highest BCUT2D eigenvalue weighted by atomic mass is 14.9. The lowest BCUT2D eigenvalue weighted by Gasteiger charge is -2.18. The second-order valence-corrected chi connectivity index (χ2v) is 5.29. The molecule has 0 saturated carbocycles. The van der Waals surface area contributed by atoms with Crippen LogP contribution in [0.25, 0.3) is 0 Å². The Balaban J connectivity index is 2.38. The molecule has 0 aliphatic rings. The molecule has 1 aromatic rings. The number of benzene rings is 1. The summed E-state index contributed by atoms with van der Waals surface area (Å²) in [5, 5.41) is 3.62. The molecular formula is C17H29N. The van der Waals surface area contributed by atoms with Gasteiger partial charge < -0.3 is 5.32 Å². The molecule has 0 bridgehead atoms. The van der Waals surface area contributed by atoms with Gasteiger partial charge in [-0.3, -0.25) is 0 Å². The first kappa shape index (κ1) is 15.2. The molecule has 0 aliphatic carbocycles. The van der Waals surface area contributed by atoms with Crippen molar-refractivity contribution in [3.05, 3.63) is 35.4 Å². The number of aryl methyl sites for hydroxylation is 1. The molecule has 0 radical (unpaired) electrons. The van der Waals surface area contributed by atoms with E-state index >= 15 is 0 Å². The Morgan fingerprint density at radius 3 is 2.33 bits per heavy atom. The largest absolute Gasteiger partial charge is 0.314 e. The van der Waals surface area contributed by atoms with Gasteiger partial charge in [0.25, 0.3) is 0 Å². The highest BCUT2D eigenvalue weighted by Crippen LogP contribution is 2.11. The Bertz CT molecular complexity index is 302. The average molecular weight is 247 g/mol. The van der Waals surface area contributed by atoms with E-state index in [4.69, 9.17) is 0 Å². The minimum absolute atomic E-state index is 0.648. The van der Waals surface area contributed by atoms with Gasteiger partial charge in [-0.25, -0.2) is 0 Å². The summed E-state index contributed by atoms with van der Waals surface area (Å²) < 4.78 is 0. The second kappa shape index (κ2) is 9.16. The Kier molecular flexibility index (Phi) is 7.75. The third-order valence-electron chi connectivity index (χ3n) is 3.50.